The summed E-state index contributed by atoms with van der Waals surface area (Å²) in [5.74, 6) is 5.22. The molecular formula is C7H8N4S. The van der Waals surface area contributed by atoms with Gasteiger partial charge in [-0.05, 0) is 23.6 Å². The lowest BCUT2D eigenvalue weighted by atomic mass is 10.5. The first-order valence-corrected chi connectivity index (χ1v) is 4.34. The van der Waals surface area contributed by atoms with Gasteiger partial charge in [-0.3, -0.25) is 5.84 Å². The van der Waals surface area contributed by atoms with Gasteiger partial charge in [-0.2, -0.15) is 15.8 Å². The second kappa shape index (κ2) is 3.06. The van der Waals surface area contributed by atoms with Crippen LogP contribution in [0.5, 0.6) is 0 Å². The van der Waals surface area contributed by atoms with Gasteiger partial charge in [0.1, 0.15) is 5.36 Å². The van der Waals surface area contributed by atoms with Gasteiger partial charge in [-0.25, -0.2) is 0 Å². The van der Waals surface area contributed by atoms with Crippen molar-refractivity contribution in [2.45, 2.75) is 0 Å². The maximum Gasteiger partial charge on any atom is 0.103 e. The Morgan fingerprint density at radius 1 is 1.58 bits per heavy atom. The van der Waals surface area contributed by atoms with E-state index in [4.69, 9.17) is 5.84 Å². The predicted molar refractivity (Wildman–Crippen MR) is 47.9 cm³/mol. The van der Waals surface area contributed by atoms with Gasteiger partial charge < -0.3 is 0 Å². The number of thiophene rings is 1. The van der Waals surface area contributed by atoms with E-state index >= 15 is 0 Å². The first-order valence-electron chi connectivity index (χ1n) is 3.46. The molecule has 0 radical (unpaired) electrons. The van der Waals surface area contributed by atoms with Crippen LogP contribution >= 0.6 is 11.3 Å². The Bertz CT molecular complexity index is 405. The van der Waals surface area contributed by atoms with E-state index in [0.29, 0.717) is 0 Å². The largest absolute Gasteiger partial charge is 0.252 e. The molecule has 0 saturated heterocycles. The van der Waals surface area contributed by atoms with E-state index < -0.39 is 0 Å². The molecule has 12 heavy (non-hydrogen) atoms. The van der Waals surface area contributed by atoms with Crippen LogP contribution in [-0.4, -0.2) is 5.12 Å². The first-order chi connectivity index (χ1) is 5.90. The topological polar surface area (TPSA) is 53.6 Å². The normalized spacial score (nSPS) is 14.6. The van der Waals surface area contributed by atoms with Gasteiger partial charge >= 0.3 is 0 Å². The third-order valence-corrected chi connectivity index (χ3v) is 2.37. The minimum atomic E-state index is 0.933. The smallest absolute Gasteiger partial charge is 0.103 e. The van der Waals surface area contributed by atoms with Gasteiger partial charge in [0.15, 0.2) is 0 Å². The average molecular weight is 180 g/mol. The number of nitrogens with zero attached hydrogens (tertiary/aromatic N) is 2. The van der Waals surface area contributed by atoms with Crippen LogP contribution in [-0.2, 0) is 0 Å². The van der Waals surface area contributed by atoms with Crippen LogP contribution in [0.15, 0.2) is 28.8 Å². The van der Waals surface area contributed by atoms with Crippen molar-refractivity contribution in [2.24, 2.45) is 10.9 Å². The van der Waals surface area contributed by atoms with Crippen LogP contribution in [0.4, 0.5) is 0 Å². The van der Waals surface area contributed by atoms with Crippen molar-refractivity contribution in [2.75, 3.05) is 0 Å². The standard InChI is InChI=1S/C7H8N4S/c8-10-11-4-1-2-7-6(9-11)3-5-12-7/h1-5,10H,8H2. The Morgan fingerprint density at radius 2 is 2.50 bits per heavy atom. The van der Waals surface area contributed by atoms with E-state index in [0.717, 1.165) is 9.89 Å². The molecule has 0 bridgehead atoms. The van der Waals surface area contributed by atoms with Crippen LogP contribution in [0.2, 0.25) is 0 Å². The third-order valence-electron chi connectivity index (χ3n) is 1.50. The maximum atomic E-state index is 5.22. The zero-order chi connectivity index (χ0) is 8.39. The molecule has 0 aromatic carbocycles. The van der Waals surface area contributed by atoms with Crippen molar-refractivity contribution in [3.05, 3.63) is 33.6 Å². The summed E-state index contributed by atoms with van der Waals surface area (Å²) in [6.45, 7) is 0. The fourth-order valence-corrected chi connectivity index (χ4v) is 1.69. The number of nitrogens with one attached hydrogen (secondary N) is 1. The Hall–Kier alpha value is -1.17. The summed E-state index contributed by atoms with van der Waals surface area (Å²) in [6, 6.07) is 1.95. The van der Waals surface area contributed by atoms with Crippen LogP contribution in [0.25, 0.3) is 6.08 Å². The summed E-state index contributed by atoms with van der Waals surface area (Å²) in [4.78, 5) is 0. The second-order valence-corrected chi connectivity index (χ2v) is 3.20. The van der Waals surface area contributed by atoms with Crippen molar-refractivity contribution in [1.29, 1.82) is 0 Å². The van der Waals surface area contributed by atoms with E-state index in [1.54, 1.807) is 17.5 Å². The highest BCUT2D eigenvalue weighted by molar-refractivity contribution is 7.07. The second-order valence-electron chi connectivity index (χ2n) is 2.25. The van der Waals surface area contributed by atoms with E-state index in [2.05, 4.69) is 10.6 Å². The van der Waals surface area contributed by atoms with Gasteiger partial charge in [-0.15, -0.1) is 11.3 Å². The molecule has 1 aliphatic rings. The Kier molecular flexibility index (Phi) is 1.91. The average Bonchev–Trinajstić information content (AvgIpc) is 2.43. The fourth-order valence-electron chi connectivity index (χ4n) is 0.955. The Labute approximate surface area is 73.2 Å². The van der Waals surface area contributed by atoms with Crippen molar-refractivity contribution in [3.63, 3.8) is 0 Å². The fraction of sp³-hybridized carbons (Fsp3) is 0. The zero-order valence-electron chi connectivity index (χ0n) is 6.27. The van der Waals surface area contributed by atoms with Crippen molar-refractivity contribution in [3.8, 4) is 0 Å². The van der Waals surface area contributed by atoms with Crippen molar-refractivity contribution < 1.29 is 0 Å². The van der Waals surface area contributed by atoms with Gasteiger partial charge in [0, 0.05) is 6.20 Å². The van der Waals surface area contributed by atoms with E-state index in [1.165, 1.54) is 5.12 Å². The van der Waals surface area contributed by atoms with Gasteiger partial charge in [0.25, 0.3) is 0 Å². The molecule has 0 aliphatic carbocycles. The van der Waals surface area contributed by atoms with E-state index in [9.17, 15) is 0 Å². The van der Waals surface area contributed by atoms with Crippen molar-refractivity contribution >= 4 is 17.4 Å². The number of rotatable bonds is 1. The molecule has 0 fully saturated rings. The van der Waals surface area contributed by atoms with Crippen LogP contribution < -0.4 is 21.3 Å². The molecule has 0 amide bonds. The number of fused-ring (bicyclic) bond motifs is 1. The summed E-state index contributed by atoms with van der Waals surface area (Å²) < 4.78 is 1.14. The summed E-state index contributed by atoms with van der Waals surface area (Å²) in [5, 5.41) is 8.61. The predicted octanol–water partition coefficient (Wildman–Crippen LogP) is -0.729. The Balaban J connectivity index is 2.59. The molecule has 2 rings (SSSR count). The molecule has 3 N–H and O–H groups in total. The molecule has 4 nitrogen and oxygen atoms in total. The molecular weight excluding hydrogens is 172 g/mol. The number of nitrogens with two attached hydrogens (primary N) is 1. The highest BCUT2D eigenvalue weighted by Gasteiger charge is 1.95. The van der Waals surface area contributed by atoms with E-state index in [1.807, 2.05) is 23.6 Å². The highest BCUT2D eigenvalue weighted by atomic mass is 32.1. The van der Waals surface area contributed by atoms with Gasteiger partial charge in [-0.1, -0.05) is 0 Å². The first kappa shape index (κ1) is 7.48. The molecule has 0 saturated carbocycles. The molecule has 1 aromatic rings. The lowest BCUT2D eigenvalue weighted by Crippen LogP contribution is -2.37. The monoisotopic (exact) mass is 180 g/mol. The quantitative estimate of drug-likeness (QED) is 0.442. The summed E-state index contributed by atoms with van der Waals surface area (Å²) in [5.41, 5.74) is 2.44. The molecule has 2 heterocycles. The molecule has 5 heteroatoms. The van der Waals surface area contributed by atoms with Gasteiger partial charge in [0.05, 0.1) is 4.53 Å². The summed E-state index contributed by atoms with van der Waals surface area (Å²) >= 11 is 1.66. The molecule has 0 spiro atoms. The lowest BCUT2D eigenvalue weighted by molar-refractivity contribution is 0.280. The molecule has 0 unspecified atom stereocenters. The lowest BCUT2D eigenvalue weighted by Gasteiger charge is -2.08. The molecule has 1 aromatic heterocycles. The zero-order valence-corrected chi connectivity index (χ0v) is 7.08. The minimum absolute atomic E-state index is 0.933. The summed E-state index contributed by atoms with van der Waals surface area (Å²) in [6.07, 6.45) is 5.65. The van der Waals surface area contributed by atoms with Crippen molar-refractivity contribution in [1.82, 2.24) is 10.7 Å². The number of allylic oxidation sites excluding steroid dienone is 1. The van der Waals surface area contributed by atoms with Crippen LogP contribution in [0, 0.1) is 0 Å². The maximum absolute atomic E-state index is 5.22. The van der Waals surface area contributed by atoms with E-state index in [-0.39, 0.29) is 0 Å². The Morgan fingerprint density at radius 3 is 3.33 bits per heavy atom. The molecule has 1 aliphatic heterocycles. The van der Waals surface area contributed by atoms with Gasteiger partial charge in [0.2, 0.25) is 0 Å². The molecule has 0 atom stereocenters. The SMILES string of the molecule is NNN1C=CC=c2sccc2=N1. The number of hydrazine groups is 2. The van der Waals surface area contributed by atoms with Crippen LogP contribution in [0.3, 0.4) is 0 Å². The van der Waals surface area contributed by atoms with Crippen LogP contribution in [0.1, 0.15) is 0 Å². The highest BCUT2D eigenvalue weighted by Crippen LogP contribution is 1.89. The third kappa shape index (κ3) is 1.25. The molecule has 62 valence electrons. The number of hydrogen-bond acceptors (Lipinski definition) is 5. The number of hydrogen-bond donors (Lipinski definition) is 2. The minimum Gasteiger partial charge on any atom is -0.252 e. The summed E-state index contributed by atoms with van der Waals surface area (Å²) in [7, 11) is 0.